The predicted molar refractivity (Wildman–Crippen MR) is 51.9 cm³/mol. The number of hydrogen-bond donors (Lipinski definition) is 2. The van der Waals surface area contributed by atoms with E-state index in [1.807, 2.05) is 0 Å². The van der Waals surface area contributed by atoms with E-state index >= 15 is 0 Å². The smallest absolute Gasteiger partial charge is 0.300 e. The summed E-state index contributed by atoms with van der Waals surface area (Å²) in [7, 11) is 0. The number of aliphatic carboxylic acids is 1. The maximum atomic E-state index is 10.5. The van der Waals surface area contributed by atoms with E-state index in [4.69, 9.17) is 9.90 Å². The molecule has 2 N–H and O–H groups in total. The number of carbonyl (C=O) groups is 2. The van der Waals surface area contributed by atoms with Crippen LogP contribution >= 0.6 is 0 Å². The Labute approximate surface area is 81.8 Å². The average Bonchev–Trinajstić information content (AvgIpc) is 2.03. The molecule has 0 aliphatic carbocycles. The minimum atomic E-state index is -0.833. The third-order valence-corrected chi connectivity index (χ3v) is 1.00. The molecular weight excluding hydrogens is 184 g/mol. The monoisotopic (exact) mass is 196 g/mol. The highest BCUT2D eigenvalue weighted by Crippen LogP contribution is 2.01. The third-order valence-electron chi connectivity index (χ3n) is 1.00. The molecule has 5 heteroatoms. The number of carbonyl (C=O) groups excluding carboxylic acids is 1. The number of rotatable bonds is 1. The number of amides is 1. The van der Waals surface area contributed by atoms with Crippen LogP contribution in [0.5, 0.6) is 0 Å². The molecule has 0 aromatic carbocycles. The van der Waals surface area contributed by atoms with Gasteiger partial charge in [0.05, 0.1) is 0 Å². The molecule has 0 fully saturated rings. The van der Waals surface area contributed by atoms with Gasteiger partial charge in [0.15, 0.2) is 0 Å². The summed E-state index contributed by atoms with van der Waals surface area (Å²) in [6, 6.07) is 3.47. The van der Waals surface area contributed by atoms with Gasteiger partial charge in [-0.15, -0.1) is 0 Å². The number of pyridine rings is 1. The van der Waals surface area contributed by atoms with Gasteiger partial charge in [-0.2, -0.15) is 0 Å². The van der Waals surface area contributed by atoms with Crippen molar-refractivity contribution in [1.82, 2.24) is 4.98 Å². The van der Waals surface area contributed by atoms with Crippen molar-refractivity contribution < 1.29 is 14.7 Å². The van der Waals surface area contributed by atoms with Gasteiger partial charge >= 0.3 is 0 Å². The van der Waals surface area contributed by atoms with Gasteiger partial charge in [-0.1, -0.05) is 0 Å². The molecule has 0 saturated carbocycles. The van der Waals surface area contributed by atoms with Crippen LogP contribution in [0.15, 0.2) is 24.5 Å². The minimum Gasteiger partial charge on any atom is -0.481 e. The Bertz CT molecular complexity index is 294. The molecule has 1 aromatic heterocycles. The first-order valence-electron chi connectivity index (χ1n) is 3.89. The summed E-state index contributed by atoms with van der Waals surface area (Å²) in [6.45, 7) is 2.56. The molecule has 0 aliphatic heterocycles. The van der Waals surface area contributed by atoms with E-state index in [9.17, 15) is 4.79 Å². The standard InChI is InChI=1S/C7H8N2O.C2H4O2/c1-6(10)9-7-2-4-8-5-3-7;1-2(3)4/h2-5H,1H3,(H,8,9,10);1H3,(H,3,4). The van der Waals surface area contributed by atoms with Gasteiger partial charge < -0.3 is 10.4 Å². The van der Waals surface area contributed by atoms with Gasteiger partial charge in [0, 0.05) is 31.9 Å². The number of hydrogen-bond acceptors (Lipinski definition) is 3. The van der Waals surface area contributed by atoms with Crippen LogP contribution in [0.3, 0.4) is 0 Å². The molecule has 0 bridgehead atoms. The van der Waals surface area contributed by atoms with Crippen LogP contribution < -0.4 is 5.32 Å². The fraction of sp³-hybridized carbons (Fsp3) is 0.222. The number of aromatic nitrogens is 1. The topological polar surface area (TPSA) is 79.3 Å². The van der Waals surface area contributed by atoms with E-state index in [-0.39, 0.29) is 5.91 Å². The van der Waals surface area contributed by atoms with Gasteiger partial charge in [-0.3, -0.25) is 14.6 Å². The number of anilines is 1. The summed E-state index contributed by atoms with van der Waals surface area (Å²) >= 11 is 0. The second-order valence-corrected chi connectivity index (χ2v) is 2.44. The van der Waals surface area contributed by atoms with Crippen LogP contribution in [0.25, 0.3) is 0 Å². The van der Waals surface area contributed by atoms with E-state index in [0.717, 1.165) is 12.6 Å². The number of nitrogens with one attached hydrogen (secondary N) is 1. The van der Waals surface area contributed by atoms with Gasteiger partial charge in [-0.25, -0.2) is 0 Å². The molecule has 1 rings (SSSR count). The van der Waals surface area contributed by atoms with E-state index in [1.54, 1.807) is 24.5 Å². The first-order chi connectivity index (χ1) is 6.52. The Morgan fingerprint density at radius 1 is 1.29 bits per heavy atom. The largest absolute Gasteiger partial charge is 0.481 e. The van der Waals surface area contributed by atoms with E-state index in [0.29, 0.717) is 0 Å². The molecule has 1 heterocycles. The summed E-state index contributed by atoms with van der Waals surface area (Å²) in [6.07, 6.45) is 3.26. The molecule has 1 amide bonds. The third kappa shape index (κ3) is 8.19. The lowest BCUT2D eigenvalue weighted by Gasteiger charge is -1.97. The Morgan fingerprint density at radius 2 is 1.71 bits per heavy atom. The van der Waals surface area contributed by atoms with E-state index in [1.165, 1.54) is 6.92 Å². The van der Waals surface area contributed by atoms with Crippen molar-refractivity contribution in [2.45, 2.75) is 13.8 Å². The van der Waals surface area contributed by atoms with Crippen LogP contribution in [0.1, 0.15) is 13.8 Å². The van der Waals surface area contributed by atoms with Crippen molar-refractivity contribution in [3.8, 4) is 0 Å². The lowest BCUT2D eigenvalue weighted by molar-refractivity contribution is -0.134. The van der Waals surface area contributed by atoms with Crippen LogP contribution in [-0.2, 0) is 9.59 Å². The maximum Gasteiger partial charge on any atom is 0.300 e. The summed E-state index contributed by atoms with van der Waals surface area (Å²) in [5, 5.41) is 10.0. The zero-order chi connectivity index (χ0) is 11.0. The van der Waals surface area contributed by atoms with Gasteiger partial charge in [0.25, 0.3) is 5.97 Å². The van der Waals surface area contributed by atoms with Crippen LogP contribution in [0.2, 0.25) is 0 Å². The molecule has 0 radical (unpaired) electrons. The van der Waals surface area contributed by atoms with Gasteiger partial charge in [-0.05, 0) is 12.1 Å². The molecule has 76 valence electrons. The first-order valence-corrected chi connectivity index (χ1v) is 3.89. The van der Waals surface area contributed by atoms with Crippen molar-refractivity contribution >= 4 is 17.6 Å². The summed E-state index contributed by atoms with van der Waals surface area (Å²) in [4.78, 5) is 23.3. The second-order valence-electron chi connectivity index (χ2n) is 2.44. The summed E-state index contributed by atoms with van der Waals surface area (Å²) in [5.74, 6) is -0.897. The van der Waals surface area contributed by atoms with Crippen LogP contribution in [-0.4, -0.2) is 22.0 Å². The number of carboxylic acids is 1. The second kappa shape index (κ2) is 6.59. The molecule has 0 spiro atoms. The molecule has 0 saturated heterocycles. The van der Waals surface area contributed by atoms with Crippen LogP contribution in [0.4, 0.5) is 5.69 Å². The first kappa shape index (κ1) is 12.1. The molecule has 0 atom stereocenters. The van der Waals surface area contributed by atoms with Gasteiger partial charge in [0.1, 0.15) is 0 Å². The normalized spacial score (nSPS) is 8.14. The number of nitrogens with zero attached hydrogens (tertiary/aromatic N) is 1. The minimum absolute atomic E-state index is 0.0637. The quantitative estimate of drug-likeness (QED) is 0.705. The Balaban J connectivity index is 0.000000364. The van der Waals surface area contributed by atoms with Gasteiger partial charge in [0.2, 0.25) is 5.91 Å². The van der Waals surface area contributed by atoms with E-state index < -0.39 is 5.97 Å². The Hall–Kier alpha value is -1.91. The lowest BCUT2D eigenvalue weighted by atomic mass is 10.4. The van der Waals surface area contributed by atoms with Crippen molar-refractivity contribution in [3.05, 3.63) is 24.5 Å². The average molecular weight is 196 g/mol. The highest BCUT2D eigenvalue weighted by molar-refractivity contribution is 5.88. The predicted octanol–water partition coefficient (Wildman–Crippen LogP) is 1.13. The number of carboxylic acid groups (broad SMARTS) is 1. The molecule has 5 nitrogen and oxygen atoms in total. The molecular formula is C9H12N2O3. The van der Waals surface area contributed by atoms with E-state index in [2.05, 4.69) is 10.3 Å². The molecule has 1 aromatic rings. The highest BCUT2D eigenvalue weighted by Gasteiger charge is 1.90. The maximum absolute atomic E-state index is 10.5. The molecule has 14 heavy (non-hydrogen) atoms. The fourth-order valence-electron chi connectivity index (χ4n) is 0.639. The fourth-order valence-corrected chi connectivity index (χ4v) is 0.639. The SMILES string of the molecule is CC(=O)Nc1ccncc1.CC(=O)O. The van der Waals surface area contributed by atoms with Crippen molar-refractivity contribution in [1.29, 1.82) is 0 Å². The summed E-state index contributed by atoms with van der Waals surface area (Å²) < 4.78 is 0. The lowest BCUT2D eigenvalue weighted by Crippen LogP contribution is -2.05. The van der Waals surface area contributed by atoms with Crippen molar-refractivity contribution in [2.24, 2.45) is 0 Å². The van der Waals surface area contributed by atoms with Crippen LogP contribution in [0, 0.1) is 0 Å². The Kier molecular flexibility index (Phi) is 5.69. The zero-order valence-electron chi connectivity index (χ0n) is 8.02. The zero-order valence-corrected chi connectivity index (χ0v) is 8.02. The van der Waals surface area contributed by atoms with Crippen molar-refractivity contribution in [3.63, 3.8) is 0 Å². The Morgan fingerprint density at radius 3 is 2.07 bits per heavy atom. The van der Waals surface area contributed by atoms with Crippen molar-refractivity contribution in [2.75, 3.05) is 5.32 Å². The summed E-state index contributed by atoms with van der Waals surface area (Å²) in [5.41, 5.74) is 0.780. The highest BCUT2D eigenvalue weighted by atomic mass is 16.4. The molecule has 0 aliphatic rings. The molecule has 0 unspecified atom stereocenters.